The first kappa shape index (κ1) is 11.9. The third-order valence-electron chi connectivity index (χ3n) is 2.67. The molecule has 3 rings (SSSR count). The van der Waals surface area contributed by atoms with Crippen LogP contribution in [0.5, 0.6) is 5.75 Å². The number of benzene rings is 1. The first-order chi connectivity index (χ1) is 9.67. The molecule has 2 aromatic heterocycles. The maximum Gasteiger partial charge on any atom is 0.274 e. The Morgan fingerprint density at radius 2 is 2.15 bits per heavy atom. The number of hydrogen-bond acceptors (Lipinski definition) is 5. The molecule has 0 amide bonds. The number of hydrogen-bond donors (Lipinski definition) is 2. The van der Waals surface area contributed by atoms with E-state index in [1.807, 2.05) is 6.07 Å². The molecule has 0 spiro atoms. The van der Waals surface area contributed by atoms with Gasteiger partial charge in [0.15, 0.2) is 11.6 Å². The van der Waals surface area contributed by atoms with Crippen LogP contribution in [0, 0.1) is 17.1 Å². The van der Waals surface area contributed by atoms with Crippen LogP contribution in [-0.2, 0) is 0 Å². The summed E-state index contributed by atoms with van der Waals surface area (Å²) >= 11 is 0. The van der Waals surface area contributed by atoms with E-state index in [0.29, 0.717) is 17.0 Å². The van der Waals surface area contributed by atoms with E-state index in [1.165, 1.54) is 12.1 Å². The van der Waals surface area contributed by atoms with Gasteiger partial charge in [-0.15, -0.1) is 0 Å². The fraction of sp³-hybridized carbons (Fsp3) is 0. The van der Waals surface area contributed by atoms with Gasteiger partial charge in [-0.05, 0) is 30.3 Å². The van der Waals surface area contributed by atoms with Crippen molar-refractivity contribution in [1.82, 2.24) is 15.1 Å². The van der Waals surface area contributed by atoms with Crippen molar-refractivity contribution < 1.29 is 14.0 Å². The van der Waals surface area contributed by atoms with Crippen LogP contribution in [0.2, 0.25) is 0 Å². The molecule has 0 aliphatic heterocycles. The second-order valence-corrected chi connectivity index (χ2v) is 3.99. The molecular weight excluding hydrogens is 263 g/mol. The Bertz CT molecular complexity index is 816. The van der Waals surface area contributed by atoms with Gasteiger partial charge in [-0.2, -0.15) is 10.2 Å². The number of aromatic nitrogens is 3. The fourth-order valence-electron chi connectivity index (χ4n) is 1.68. The van der Waals surface area contributed by atoms with Crippen molar-refractivity contribution in [2.45, 2.75) is 0 Å². The number of nitriles is 1. The molecule has 0 radical (unpaired) electrons. The van der Waals surface area contributed by atoms with E-state index >= 15 is 0 Å². The van der Waals surface area contributed by atoms with Gasteiger partial charge in [0.2, 0.25) is 5.82 Å². The minimum Gasteiger partial charge on any atom is -0.505 e. The van der Waals surface area contributed by atoms with E-state index in [4.69, 9.17) is 14.9 Å². The second kappa shape index (κ2) is 4.51. The highest BCUT2D eigenvalue weighted by Gasteiger charge is 2.13. The highest BCUT2D eigenvalue weighted by atomic mass is 19.1. The largest absolute Gasteiger partial charge is 0.505 e. The molecule has 0 saturated heterocycles. The summed E-state index contributed by atoms with van der Waals surface area (Å²) in [6.07, 6.45) is 0. The predicted octanol–water partition coefficient (Wildman–Crippen LogP) is 2.45. The molecule has 1 aromatic carbocycles. The number of nitrogens with one attached hydrogen (secondary N) is 1. The van der Waals surface area contributed by atoms with Crippen LogP contribution in [0.3, 0.4) is 0 Å². The summed E-state index contributed by atoms with van der Waals surface area (Å²) in [7, 11) is 0. The van der Waals surface area contributed by atoms with Crippen LogP contribution in [0.4, 0.5) is 4.39 Å². The lowest BCUT2D eigenvalue weighted by Gasteiger charge is -1.96. The lowest BCUT2D eigenvalue weighted by atomic mass is 10.2. The summed E-state index contributed by atoms with van der Waals surface area (Å²) in [5.74, 6) is -0.831. The van der Waals surface area contributed by atoms with Crippen molar-refractivity contribution in [3.8, 4) is 34.8 Å². The van der Waals surface area contributed by atoms with Gasteiger partial charge in [0, 0.05) is 5.56 Å². The lowest BCUT2D eigenvalue weighted by Crippen LogP contribution is -1.84. The molecule has 3 aromatic rings. The molecule has 6 nitrogen and oxygen atoms in total. The maximum absolute atomic E-state index is 13.3. The zero-order valence-electron chi connectivity index (χ0n) is 9.96. The van der Waals surface area contributed by atoms with Gasteiger partial charge in [-0.25, -0.2) is 4.39 Å². The third kappa shape index (κ3) is 1.99. The van der Waals surface area contributed by atoms with Crippen molar-refractivity contribution in [2.75, 3.05) is 0 Å². The molecule has 0 fully saturated rings. The summed E-state index contributed by atoms with van der Waals surface area (Å²) in [5, 5.41) is 21.6. The Morgan fingerprint density at radius 3 is 2.85 bits per heavy atom. The SMILES string of the molecule is N#Cc1ccc(-c2nc(-c3ccc(O)c(F)c3)no2)[nH]1. The number of aromatic amines is 1. The second-order valence-electron chi connectivity index (χ2n) is 3.99. The van der Waals surface area contributed by atoms with E-state index in [9.17, 15) is 4.39 Å². The van der Waals surface area contributed by atoms with Crippen molar-refractivity contribution >= 4 is 0 Å². The molecule has 0 unspecified atom stereocenters. The van der Waals surface area contributed by atoms with Crippen molar-refractivity contribution in [1.29, 1.82) is 5.26 Å². The van der Waals surface area contributed by atoms with Crippen LogP contribution in [-0.4, -0.2) is 20.2 Å². The molecule has 0 aliphatic rings. The molecule has 0 atom stereocenters. The van der Waals surface area contributed by atoms with Gasteiger partial charge in [0.25, 0.3) is 5.89 Å². The number of phenolic OH excluding ortho intramolecular Hbond substituents is 1. The molecule has 0 saturated carbocycles. The Balaban J connectivity index is 1.97. The summed E-state index contributed by atoms with van der Waals surface area (Å²) in [6.45, 7) is 0. The maximum atomic E-state index is 13.3. The highest BCUT2D eigenvalue weighted by Crippen LogP contribution is 2.25. The van der Waals surface area contributed by atoms with E-state index in [0.717, 1.165) is 6.07 Å². The first-order valence-corrected chi connectivity index (χ1v) is 5.59. The average Bonchev–Trinajstić information content (AvgIpc) is 3.09. The Labute approximate surface area is 112 Å². The van der Waals surface area contributed by atoms with Gasteiger partial charge in [-0.3, -0.25) is 0 Å². The first-order valence-electron chi connectivity index (χ1n) is 5.59. The van der Waals surface area contributed by atoms with Crippen molar-refractivity contribution in [2.24, 2.45) is 0 Å². The number of nitrogens with zero attached hydrogens (tertiary/aromatic N) is 3. The summed E-state index contributed by atoms with van der Waals surface area (Å²) in [5.41, 5.74) is 1.25. The zero-order chi connectivity index (χ0) is 14.1. The van der Waals surface area contributed by atoms with Crippen LogP contribution >= 0.6 is 0 Å². The van der Waals surface area contributed by atoms with Crippen LogP contribution in [0.15, 0.2) is 34.9 Å². The summed E-state index contributed by atoms with van der Waals surface area (Å²) < 4.78 is 18.3. The van der Waals surface area contributed by atoms with Gasteiger partial charge in [-0.1, -0.05) is 5.16 Å². The van der Waals surface area contributed by atoms with Crippen LogP contribution in [0.1, 0.15) is 5.69 Å². The Morgan fingerprint density at radius 1 is 1.30 bits per heavy atom. The average molecular weight is 270 g/mol. The molecule has 2 heterocycles. The molecule has 0 bridgehead atoms. The minimum absolute atomic E-state index is 0.187. The van der Waals surface area contributed by atoms with E-state index < -0.39 is 11.6 Å². The van der Waals surface area contributed by atoms with Crippen LogP contribution in [0.25, 0.3) is 23.0 Å². The number of rotatable bonds is 2. The number of H-pyrrole nitrogens is 1. The third-order valence-corrected chi connectivity index (χ3v) is 2.67. The number of aromatic hydroxyl groups is 1. The monoisotopic (exact) mass is 270 g/mol. The Hall–Kier alpha value is -3.14. The number of halogens is 1. The van der Waals surface area contributed by atoms with E-state index in [1.54, 1.807) is 12.1 Å². The van der Waals surface area contributed by atoms with Crippen LogP contribution < -0.4 is 0 Å². The van der Waals surface area contributed by atoms with Gasteiger partial charge < -0.3 is 14.6 Å². The molecule has 98 valence electrons. The normalized spacial score (nSPS) is 10.4. The molecule has 7 heteroatoms. The van der Waals surface area contributed by atoms with E-state index in [-0.39, 0.29) is 11.7 Å². The molecule has 2 N–H and O–H groups in total. The minimum atomic E-state index is -0.763. The van der Waals surface area contributed by atoms with Gasteiger partial charge in [0.05, 0.1) is 0 Å². The molecular formula is C13H7FN4O2. The summed E-state index contributed by atoms with van der Waals surface area (Å²) in [4.78, 5) is 6.90. The zero-order valence-corrected chi connectivity index (χ0v) is 9.96. The van der Waals surface area contributed by atoms with Gasteiger partial charge >= 0.3 is 0 Å². The fourth-order valence-corrected chi connectivity index (χ4v) is 1.68. The molecule has 0 aliphatic carbocycles. The smallest absolute Gasteiger partial charge is 0.274 e. The topological polar surface area (TPSA) is 98.7 Å². The van der Waals surface area contributed by atoms with Crippen molar-refractivity contribution in [3.63, 3.8) is 0 Å². The lowest BCUT2D eigenvalue weighted by molar-refractivity contribution is 0.429. The van der Waals surface area contributed by atoms with Gasteiger partial charge in [0.1, 0.15) is 17.5 Å². The Kier molecular flexibility index (Phi) is 2.69. The predicted molar refractivity (Wildman–Crippen MR) is 65.9 cm³/mol. The standard InChI is InChI=1S/C13H7FN4O2/c14-9-5-7(1-4-11(9)19)12-17-13(20-18-12)10-3-2-8(6-15)16-10/h1-5,16,19H. The van der Waals surface area contributed by atoms with E-state index in [2.05, 4.69) is 15.1 Å². The quantitative estimate of drug-likeness (QED) is 0.745. The highest BCUT2D eigenvalue weighted by molar-refractivity contribution is 5.59. The van der Waals surface area contributed by atoms with Crippen molar-refractivity contribution in [3.05, 3.63) is 41.8 Å². The molecule has 20 heavy (non-hydrogen) atoms. The summed E-state index contributed by atoms with van der Waals surface area (Å²) in [6, 6.07) is 8.96. The number of phenols is 1.